The highest BCUT2D eigenvalue weighted by Crippen LogP contribution is 2.29. The van der Waals surface area contributed by atoms with Gasteiger partial charge in [-0.15, -0.1) is 0 Å². The van der Waals surface area contributed by atoms with E-state index in [1.54, 1.807) is 19.1 Å². The van der Waals surface area contributed by atoms with Gasteiger partial charge in [0.05, 0.1) is 22.6 Å². The van der Waals surface area contributed by atoms with Crippen LogP contribution in [0.2, 0.25) is 0 Å². The van der Waals surface area contributed by atoms with Gasteiger partial charge in [0.15, 0.2) is 0 Å². The van der Waals surface area contributed by atoms with Gasteiger partial charge >= 0.3 is 0 Å². The fourth-order valence-corrected chi connectivity index (χ4v) is 6.15. The molecule has 0 saturated heterocycles. The molecule has 0 bridgehead atoms. The minimum absolute atomic E-state index is 0.0689. The molecule has 2 atom stereocenters. The Hall–Kier alpha value is -4.45. The van der Waals surface area contributed by atoms with E-state index < -0.39 is 33.4 Å². The Labute approximate surface area is 259 Å². The normalized spacial score (nSPS) is 12.6. The number of aryl methyl sites for hydroxylation is 2. The molecule has 12 heteroatoms. The molecule has 0 heterocycles. The summed E-state index contributed by atoms with van der Waals surface area (Å²) in [7, 11) is -3.02. The molecule has 1 N–H and O–H groups in total. The lowest BCUT2D eigenvalue weighted by molar-refractivity contribution is -0.385. The Morgan fingerprint density at radius 1 is 1.00 bits per heavy atom. The number of hydrogen-bond acceptors (Lipinski definition) is 7. The summed E-state index contributed by atoms with van der Waals surface area (Å²) in [6.07, 6.45) is 0.986. The van der Waals surface area contributed by atoms with Crippen LogP contribution in [-0.4, -0.2) is 55.8 Å². The van der Waals surface area contributed by atoms with E-state index in [9.17, 15) is 28.1 Å². The quantitative estimate of drug-likeness (QED) is 0.194. The molecule has 0 radical (unpaired) electrons. The number of nitrogens with zero attached hydrogens (tertiary/aromatic N) is 3. The predicted octanol–water partition coefficient (Wildman–Crippen LogP) is 5.14. The molecular formula is C32H40N4O7S. The molecule has 0 saturated carbocycles. The smallest absolute Gasteiger partial charge is 0.273 e. The third kappa shape index (κ3) is 8.13. The molecule has 11 nitrogen and oxygen atoms in total. The average molecular weight is 625 g/mol. The molecule has 0 aliphatic carbocycles. The van der Waals surface area contributed by atoms with E-state index in [1.807, 2.05) is 45.0 Å². The van der Waals surface area contributed by atoms with E-state index in [4.69, 9.17) is 4.74 Å². The second-order valence-corrected chi connectivity index (χ2v) is 12.5. The molecular weight excluding hydrogens is 584 g/mol. The molecule has 0 aliphatic rings. The van der Waals surface area contributed by atoms with Crippen molar-refractivity contribution in [2.45, 2.75) is 71.0 Å². The molecule has 0 spiro atoms. The third-order valence-electron chi connectivity index (χ3n) is 7.43. The number of nitro benzene ring substituents is 1. The van der Waals surface area contributed by atoms with Crippen LogP contribution in [0.25, 0.3) is 0 Å². The number of nitro groups is 1. The number of methoxy groups -OCH3 is 1. The summed E-state index contributed by atoms with van der Waals surface area (Å²) in [6.45, 7) is 8.44. The van der Waals surface area contributed by atoms with E-state index in [1.165, 1.54) is 43.2 Å². The zero-order chi connectivity index (χ0) is 32.6. The van der Waals surface area contributed by atoms with E-state index in [2.05, 4.69) is 5.32 Å². The fourth-order valence-electron chi connectivity index (χ4n) is 4.72. The minimum Gasteiger partial charge on any atom is -0.497 e. The highest BCUT2D eigenvalue weighted by Gasteiger charge is 2.34. The van der Waals surface area contributed by atoms with Crippen molar-refractivity contribution in [3.63, 3.8) is 0 Å². The molecule has 3 aromatic carbocycles. The SMILES string of the molecule is CC[C@H](C)NC(=O)[C@H](CC)N(Cc1cccc(C)c1)C(=O)CN(c1ccc(OC)cc1)S(=O)(=O)c1ccc(C)c([N+](=O)[O-])c1. The van der Waals surface area contributed by atoms with Crippen LogP contribution < -0.4 is 14.4 Å². The first-order valence-corrected chi connectivity index (χ1v) is 15.8. The maximum Gasteiger partial charge on any atom is 0.273 e. The minimum atomic E-state index is -4.49. The largest absolute Gasteiger partial charge is 0.497 e. The van der Waals surface area contributed by atoms with Crippen molar-refractivity contribution in [2.75, 3.05) is 18.0 Å². The number of rotatable bonds is 14. The number of ether oxygens (including phenoxy) is 1. The van der Waals surface area contributed by atoms with Crippen molar-refractivity contribution in [2.24, 2.45) is 0 Å². The second kappa shape index (κ2) is 14.8. The van der Waals surface area contributed by atoms with Crippen molar-refractivity contribution in [3.05, 3.63) is 93.5 Å². The number of sulfonamides is 1. The molecule has 0 aliphatic heterocycles. The standard InChI is InChI=1S/C32H40N4O7S/c1-7-24(5)33-32(38)29(8-2)34(20-25-11-9-10-22(3)18-25)31(37)21-35(26-13-15-27(43-6)16-14-26)44(41,42)28-17-12-23(4)30(19-28)36(39)40/h9-19,24,29H,7-8,20-21H2,1-6H3,(H,33,38)/t24-,29-/m0/s1. The first kappa shape index (κ1) is 34.0. The molecule has 3 aromatic rings. The zero-order valence-electron chi connectivity index (χ0n) is 25.9. The average Bonchev–Trinajstić information content (AvgIpc) is 2.99. The van der Waals surface area contributed by atoms with Gasteiger partial charge in [-0.2, -0.15) is 0 Å². The number of carbonyl (C=O) groups excluding carboxylic acids is 2. The summed E-state index contributed by atoms with van der Waals surface area (Å²) < 4.78 is 34.4. The second-order valence-electron chi connectivity index (χ2n) is 10.7. The maximum absolute atomic E-state index is 14.2. The van der Waals surface area contributed by atoms with Gasteiger partial charge in [-0.1, -0.05) is 49.7 Å². The van der Waals surface area contributed by atoms with Gasteiger partial charge in [0.1, 0.15) is 18.3 Å². The number of anilines is 1. The van der Waals surface area contributed by atoms with Crippen LogP contribution >= 0.6 is 0 Å². The Kier molecular flexibility index (Phi) is 11.5. The summed E-state index contributed by atoms with van der Waals surface area (Å²) >= 11 is 0. The lowest BCUT2D eigenvalue weighted by atomic mass is 10.1. The van der Waals surface area contributed by atoms with Crippen molar-refractivity contribution in [1.82, 2.24) is 10.2 Å². The first-order valence-electron chi connectivity index (χ1n) is 14.4. The Balaban J connectivity index is 2.12. The van der Waals surface area contributed by atoms with E-state index >= 15 is 0 Å². The summed E-state index contributed by atoms with van der Waals surface area (Å²) in [5, 5.41) is 14.6. The zero-order valence-corrected chi connectivity index (χ0v) is 26.8. The van der Waals surface area contributed by atoms with Crippen LogP contribution in [-0.2, 0) is 26.2 Å². The van der Waals surface area contributed by atoms with E-state index in [0.29, 0.717) is 24.2 Å². The molecule has 3 rings (SSSR count). The number of nitrogens with one attached hydrogen (secondary N) is 1. The van der Waals surface area contributed by atoms with Crippen molar-refractivity contribution < 1.29 is 27.7 Å². The molecule has 44 heavy (non-hydrogen) atoms. The van der Waals surface area contributed by atoms with Gasteiger partial charge in [0.25, 0.3) is 15.7 Å². The summed E-state index contributed by atoms with van der Waals surface area (Å²) in [4.78, 5) is 39.7. The molecule has 2 amide bonds. The summed E-state index contributed by atoms with van der Waals surface area (Å²) in [5.41, 5.74) is 1.83. The van der Waals surface area contributed by atoms with Crippen LogP contribution in [0.1, 0.15) is 50.3 Å². The summed E-state index contributed by atoms with van der Waals surface area (Å²) in [6, 6.07) is 16.2. The van der Waals surface area contributed by atoms with Gasteiger partial charge in [-0.05, 0) is 69.5 Å². The number of amides is 2. The van der Waals surface area contributed by atoms with Crippen LogP contribution in [0, 0.1) is 24.0 Å². The number of hydrogen-bond donors (Lipinski definition) is 1. The summed E-state index contributed by atoms with van der Waals surface area (Å²) in [5.74, 6) is -0.480. The molecule has 0 unspecified atom stereocenters. The van der Waals surface area contributed by atoms with Gasteiger partial charge in [-0.25, -0.2) is 8.42 Å². The molecule has 0 fully saturated rings. The van der Waals surface area contributed by atoms with E-state index in [0.717, 1.165) is 21.5 Å². The number of benzene rings is 3. The van der Waals surface area contributed by atoms with Gasteiger partial charge in [0.2, 0.25) is 11.8 Å². The third-order valence-corrected chi connectivity index (χ3v) is 9.20. The lowest BCUT2D eigenvalue weighted by Gasteiger charge is -2.33. The monoisotopic (exact) mass is 624 g/mol. The van der Waals surface area contributed by atoms with Crippen molar-refractivity contribution in [1.29, 1.82) is 0 Å². The van der Waals surface area contributed by atoms with E-state index in [-0.39, 0.29) is 34.8 Å². The topological polar surface area (TPSA) is 139 Å². The maximum atomic E-state index is 14.2. The van der Waals surface area contributed by atoms with Crippen LogP contribution in [0.3, 0.4) is 0 Å². The Bertz CT molecular complexity index is 1590. The van der Waals surface area contributed by atoms with Crippen molar-refractivity contribution in [3.8, 4) is 5.75 Å². The van der Waals surface area contributed by atoms with Crippen LogP contribution in [0.15, 0.2) is 71.6 Å². The van der Waals surface area contributed by atoms with Crippen molar-refractivity contribution >= 4 is 33.2 Å². The van der Waals surface area contributed by atoms with Gasteiger partial charge in [-0.3, -0.25) is 24.0 Å². The Morgan fingerprint density at radius 3 is 2.25 bits per heavy atom. The highest BCUT2D eigenvalue weighted by atomic mass is 32.2. The predicted molar refractivity (Wildman–Crippen MR) is 169 cm³/mol. The number of carbonyl (C=O) groups is 2. The highest BCUT2D eigenvalue weighted by molar-refractivity contribution is 7.92. The molecule has 236 valence electrons. The van der Waals surface area contributed by atoms with Gasteiger partial charge in [0, 0.05) is 24.2 Å². The molecule has 0 aromatic heterocycles. The fraction of sp³-hybridized carbons (Fsp3) is 0.375. The van der Waals surface area contributed by atoms with Crippen LogP contribution in [0.4, 0.5) is 11.4 Å². The lowest BCUT2D eigenvalue weighted by Crippen LogP contribution is -2.53. The Morgan fingerprint density at radius 2 is 1.68 bits per heavy atom. The first-order chi connectivity index (χ1) is 20.8. The van der Waals surface area contributed by atoms with Gasteiger partial charge < -0.3 is 15.0 Å². The van der Waals surface area contributed by atoms with Crippen LogP contribution in [0.5, 0.6) is 5.75 Å².